The summed E-state index contributed by atoms with van der Waals surface area (Å²) in [7, 11) is 0. The number of morpholine rings is 1. The molecule has 1 aliphatic rings. The Bertz CT molecular complexity index is 544. The maximum Gasteiger partial charge on any atom is 0.157 e. The van der Waals surface area contributed by atoms with Crippen molar-refractivity contribution in [3.63, 3.8) is 0 Å². The van der Waals surface area contributed by atoms with Crippen molar-refractivity contribution in [2.24, 2.45) is 0 Å². The minimum atomic E-state index is 0.0679. The second kappa shape index (κ2) is 4.74. The summed E-state index contributed by atoms with van der Waals surface area (Å²) in [4.78, 5) is 6.81. The van der Waals surface area contributed by atoms with Gasteiger partial charge >= 0.3 is 0 Å². The molecule has 1 saturated heterocycles. The average Bonchev–Trinajstić information content (AvgIpc) is 2.85. The molecule has 0 aromatic carbocycles. The first-order valence-corrected chi connectivity index (χ1v) is 6.56. The molecule has 3 heterocycles. The molecule has 2 aromatic heterocycles. The van der Waals surface area contributed by atoms with E-state index in [9.17, 15) is 0 Å². The van der Waals surface area contributed by atoms with Crippen molar-refractivity contribution in [2.75, 3.05) is 23.9 Å². The van der Waals surface area contributed by atoms with Crippen molar-refractivity contribution in [2.45, 2.75) is 19.1 Å². The first-order valence-electron chi connectivity index (χ1n) is 6.03. The fourth-order valence-electron chi connectivity index (χ4n) is 2.30. The number of alkyl halides is 1. The van der Waals surface area contributed by atoms with Gasteiger partial charge < -0.3 is 9.64 Å². The first-order chi connectivity index (χ1) is 8.76. The summed E-state index contributed by atoms with van der Waals surface area (Å²) in [6, 6.07) is 3.87. The van der Waals surface area contributed by atoms with Crippen LogP contribution in [0.25, 0.3) is 5.65 Å². The largest absolute Gasteiger partial charge is 0.370 e. The zero-order valence-corrected chi connectivity index (χ0v) is 10.9. The van der Waals surface area contributed by atoms with Gasteiger partial charge in [-0.3, -0.25) is 0 Å². The van der Waals surface area contributed by atoms with Gasteiger partial charge in [-0.1, -0.05) is 0 Å². The maximum atomic E-state index is 5.89. The van der Waals surface area contributed by atoms with Gasteiger partial charge in [-0.05, 0) is 13.0 Å². The lowest BCUT2D eigenvalue weighted by atomic mass is 10.2. The van der Waals surface area contributed by atoms with Crippen LogP contribution in [0.1, 0.15) is 6.92 Å². The highest BCUT2D eigenvalue weighted by molar-refractivity contribution is 6.18. The molecule has 6 heteroatoms. The molecule has 0 spiro atoms. The fourth-order valence-corrected chi connectivity index (χ4v) is 2.47. The average molecular weight is 267 g/mol. The lowest BCUT2D eigenvalue weighted by Gasteiger charge is -2.36. The predicted molar refractivity (Wildman–Crippen MR) is 70.3 cm³/mol. The molecular formula is C12H15ClN4O. The molecule has 1 aliphatic heterocycles. The molecule has 0 amide bonds. The van der Waals surface area contributed by atoms with Gasteiger partial charge in [-0.25, -0.2) is 9.50 Å². The number of hydrogen-bond donors (Lipinski definition) is 0. The molecule has 0 radical (unpaired) electrons. The third-order valence-corrected chi connectivity index (χ3v) is 3.41. The highest BCUT2D eigenvalue weighted by Gasteiger charge is 2.25. The second-order valence-electron chi connectivity index (χ2n) is 4.55. The summed E-state index contributed by atoms with van der Waals surface area (Å²) >= 11 is 5.89. The lowest BCUT2D eigenvalue weighted by molar-refractivity contribution is -0.00356. The summed E-state index contributed by atoms with van der Waals surface area (Å²) in [6.45, 7) is 3.68. The Balaban J connectivity index is 1.88. The van der Waals surface area contributed by atoms with E-state index in [2.05, 4.69) is 21.9 Å². The maximum absolute atomic E-state index is 5.89. The van der Waals surface area contributed by atoms with Crippen LogP contribution in [0.15, 0.2) is 24.5 Å². The molecule has 2 atom stereocenters. The fraction of sp³-hybridized carbons (Fsp3) is 0.500. The highest BCUT2D eigenvalue weighted by atomic mass is 35.5. The van der Waals surface area contributed by atoms with Gasteiger partial charge in [-0.2, -0.15) is 5.10 Å². The molecule has 3 rings (SSSR count). The molecule has 18 heavy (non-hydrogen) atoms. The van der Waals surface area contributed by atoms with E-state index in [4.69, 9.17) is 16.3 Å². The van der Waals surface area contributed by atoms with Crippen LogP contribution in [0.3, 0.4) is 0 Å². The van der Waals surface area contributed by atoms with E-state index >= 15 is 0 Å². The smallest absolute Gasteiger partial charge is 0.157 e. The third-order valence-electron chi connectivity index (χ3n) is 3.07. The number of anilines is 1. The Morgan fingerprint density at radius 1 is 1.44 bits per heavy atom. The van der Waals surface area contributed by atoms with Crippen molar-refractivity contribution in [3.05, 3.63) is 24.5 Å². The van der Waals surface area contributed by atoms with Crippen LogP contribution in [0, 0.1) is 0 Å². The number of nitrogens with zero attached hydrogens (tertiary/aromatic N) is 4. The number of rotatable bonds is 2. The number of halogens is 1. The standard InChI is InChI=1S/C12H15ClN4O/c1-9-7-16(8-10(6-13)18-9)11-3-5-17-12(15-11)2-4-14-17/h2-5,9-10H,6-8H2,1H3. The van der Waals surface area contributed by atoms with Gasteiger partial charge in [-0.15, -0.1) is 11.6 Å². The Labute approximate surface area is 110 Å². The van der Waals surface area contributed by atoms with E-state index in [0.717, 1.165) is 24.6 Å². The summed E-state index contributed by atoms with van der Waals surface area (Å²) < 4.78 is 7.50. The van der Waals surface area contributed by atoms with Gasteiger partial charge in [0.25, 0.3) is 0 Å². The normalized spacial score (nSPS) is 24.7. The summed E-state index contributed by atoms with van der Waals surface area (Å²) in [6.07, 6.45) is 3.91. The first kappa shape index (κ1) is 11.7. The highest BCUT2D eigenvalue weighted by Crippen LogP contribution is 2.19. The van der Waals surface area contributed by atoms with E-state index in [-0.39, 0.29) is 12.2 Å². The number of aromatic nitrogens is 3. The van der Waals surface area contributed by atoms with Crippen molar-refractivity contribution < 1.29 is 4.74 Å². The van der Waals surface area contributed by atoms with E-state index < -0.39 is 0 Å². The van der Waals surface area contributed by atoms with Crippen molar-refractivity contribution >= 4 is 23.1 Å². The topological polar surface area (TPSA) is 42.7 Å². The van der Waals surface area contributed by atoms with Crippen LogP contribution in [-0.2, 0) is 4.74 Å². The molecule has 0 saturated carbocycles. The van der Waals surface area contributed by atoms with Gasteiger partial charge in [0.15, 0.2) is 5.65 Å². The number of fused-ring (bicyclic) bond motifs is 1. The monoisotopic (exact) mass is 266 g/mol. The molecule has 0 N–H and O–H groups in total. The minimum absolute atomic E-state index is 0.0679. The van der Waals surface area contributed by atoms with Gasteiger partial charge in [0, 0.05) is 25.4 Å². The molecular weight excluding hydrogens is 252 g/mol. The Hall–Kier alpha value is -1.33. The zero-order chi connectivity index (χ0) is 12.5. The van der Waals surface area contributed by atoms with E-state index in [1.165, 1.54) is 0 Å². The Morgan fingerprint density at radius 3 is 3.17 bits per heavy atom. The van der Waals surface area contributed by atoms with E-state index in [0.29, 0.717) is 5.88 Å². The zero-order valence-electron chi connectivity index (χ0n) is 10.2. The second-order valence-corrected chi connectivity index (χ2v) is 4.86. The van der Waals surface area contributed by atoms with E-state index in [1.807, 2.05) is 18.3 Å². The van der Waals surface area contributed by atoms with Gasteiger partial charge in [0.1, 0.15) is 5.82 Å². The molecule has 0 aliphatic carbocycles. The van der Waals surface area contributed by atoms with Gasteiger partial charge in [0.2, 0.25) is 0 Å². The van der Waals surface area contributed by atoms with Crippen LogP contribution in [0.4, 0.5) is 5.82 Å². The SMILES string of the molecule is CC1CN(c2ccn3nccc3n2)CC(CCl)O1. The summed E-state index contributed by atoms with van der Waals surface area (Å²) in [5.74, 6) is 1.46. The van der Waals surface area contributed by atoms with Crippen LogP contribution < -0.4 is 4.90 Å². The van der Waals surface area contributed by atoms with Crippen LogP contribution in [0.2, 0.25) is 0 Å². The number of hydrogen-bond acceptors (Lipinski definition) is 4. The van der Waals surface area contributed by atoms with Crippen LogP contribution >= 0.6 is 11.6 Å². The van der Waals surface area contributed by atoms with Crippen LogP contribution in [-0.4, -0.2) is 45.8 Å². The Morgan fingerprint density at radius 2 is 2.33 bits per heavy atom. The molecule has 1 fully saturated rings. The predicted octanol–water partition coefficient (Wildman–Crippen LogP) is 1.56. The van der Waals surface area contributed by atoms with Crippen molar-refractivity contribution in [3.8, 4) is 0 Å². The van der Waals surface area contributed by atoms with Crippen LogP contribution in [0.5, 0.6) is 0 Å². The summed E-state index contributed by atoms with van der Waals surface area (Å²) in [5.41, 5.74) is 0.856. The van der Waals surface area contributed by atoms with E-state index in [1.54, 1.807) is 10.7 Å². The lowest BCUT2D eigenvalue weighted by Crippen LogP contribution is -2.47. The van der Waals surface area contributed by atoms with Crippen molar-refractivity contribution in [1.82, 2.24) is 14.6 Å². The Kier molecular flexibility index (Phi) is 3.09. The quantitative estimate of drug-likeness (QED) is 0.774. The third kappa shape index (κ3) is 2.15. The number of ether oxygens (including phenoxy) is 1. The molecule has 2 unspecified atom stereocenters. The minimum Gasteiger partial charge on any atom is -0.370 e. The molecule has 5 nitrogen and oxygen atoms in total. The molecule has 0 bridgehead atoms. The molecule has 96 valence electrons. The summed E-state index contributed by atoms with van der Waals surface area (Å²) in [5, 5.41) is 4.14. The van der Waals surface area contributed by atoms with Crippen molar-refractivity contribution in [1.29, 1.82) is 0 Å². The molecule has 2 aromatic rings. The van der Waals surface area contributed by atoms with Gasteiger partial charge in [0.05, 0.1) is 24.3 Å².